The minimum atomic E-state index is -0.281. The summed E-state index contributed by atoms with van der Waals surface area (Å²) in [6.07, 6.45) is 3.70. The van der Waals surface area contributed by atoms with Crippen molar-refractivity contribution in [2.75, 3.05) is 6.79 Å². The zero-order valence-corrected chi connectivity index (χ0v) is 12.4. The summed E-state index contributed by atoms with van der Waals surface area (Å²) in [4.78, 5) is 4.42. The molecule has 0 spiro atoms. The SMILES string of the molecule is Fc1cc2c(c(Cn3cnc(-c4ccccc4)c3)c1)OCOC2. The molecule has 0 saturated heterocycles. The average Bonchev–Trinajstić information content (AvgIpc) is 3.04. The van der Waals surface area contributed by atoms with Crippen LogP contribution in [0.3, 0.4) is 0 Å². The fraction of sp³-hybridized carbons (Fsp3) is 0.167. The summed E-state index contributed by atoms with van der Waals surface area (Å²) in [5.74, 6) is 0.434. The summed E-state index contributed by atoms with van der Waals surface area (Å²) >= 11 is 0. The monoisotopic (exact) mass is 310 g/mol. The van der Waals surface area contributed by atoms with E-state index in [1.165, 1.54) is 12.1 Å². The average molecular weight is 310 g/mol. The van der Waals surface area contributed by atoms with Gasteiger partial charge in [0.2, 0.25) is 0 Å². The molecule has 1 aliphatic rings. The van der Waals surface area contributed by atoms with Crippen LogP contribution in [0.1, 0.15) is 11.1 Å². The zero-order chi connectivity index (χ0) is 15.6. The minimum absolute atomic E-state index is 0.199. The van der Waals surface area contributed by atoms with Crippen LogP contribution in [0.2, 0.25) is 0 Å². The van der Waals surface area contributed by atoms with Gasteiger partial charge in [-0.1, -0.05) is 30.3 Å². The maximum absolute atomic E-state index is 13.8. The van der Waals surface area contributed by atoms with Crippen LogP contribution < -0.4 is 4.74 Å². The molecule has 2 aromatic carbocycles. The van der Waals surface area contributed by atoms with E-state index in [9.17, 15) is 4.39 Å². The molecule has 0 amide bonds. The first-order valence-corrected chi connectivity index (χ1v) is 7.38. The Morgan fingerprint density at radius 3 is 2.91 bits per heavy atom. The Labute approximate surface area is 133 Å². The Balaban J connectivity index is 1.64. The third kappa shape index (κ3) is 2.83. The number of fused-ring (bicyclic) bond motifs is 1. The molecule has 0 radical (unpaired) electrons. The maximum atomic E-state index is 13.8. The Kier molecular flexibility index (Phi) is 3.55. The van der Waals surface area contributed by atoms with E-state index in [1.807, 2.05) is 41.1 Å². The fourth-order valence-corrected chi connectivity index (χ4v) is 2.78. The summed E-state index contributed by atoms with van der Waals surface area (Å²) in [6, 6.07) is 12.9. The van der Waals surface area contributed by atoms with Gasteiger partial charge in [-0.05, 0) is 12.1 Å². The smallest absolute Gasteiger partial charge is 0.189 e. The predicted octanol–water partition coefficient (Wildman–Crippen LogP) is 3.60. The molecule has 1 aromatic heterocycles. The van der Waals surface area contributed by atoms with E-state index in [-0.39, 0.29) is 12.6 Å². The van der Waals surface area contributed by atoms with E-state index in [1.54, 1.807) is 6.33 Å². The molecule has 23 heavy (non-hydrogen) atoms. The van der Waals surface area contributed by atoms with Crippen LogP contribution in [-0.4, -0.2) is 16.3 Å². The molecular formula is C18H15FN2O2. The maximum Gasteiger partial charge on any atom is 0.189 e. The van der Waals surface area contributed by atoms with Gasteiger partial charge in [-0.25, -0.2) is 9.37 Å². The summed E-state index contributed by atoms with van der Waals surface area (Å²) < 4.78 is 26.5. The quantitative estimate of drug-likeness (QED) is 0.741. The van der Waals surface area contributed by atoms with Gasteiger partial charge in [0.1, 0.15) is 11.6 Å². The highest BCUT2D eigenvalue weighted by molar-refractivity contribution is 5.57. The van der Waals surface area contributed by atoms with Crippen molar-refractivity contribution in [2.45, 2.75) is 13.2 Å². The largest absolute Gasteiger partial charge is 0.467 e. The van der Waals surface area contributed by atoms with Gasteiger partial charge in [0, 0.05) is 22.9 Å². The second kappa shape index (κ2) is 5.85. The Morgan fingerprint density at radius 1 is 1.17 bits per heavy atom. The van der Waals surface area contributed by atoms with Crippen molar-refractivity contribution in [1.82, 2.24) is 9.55 Å². The van der Waals surface area contributed by atoms with Gasteiger partial charge in [-0.2, -0.15) is 0 Å². The Morgan fingerprint density at radius 2 is 2.04 bits per heavy atom. The molecule has 0 fully saturated rings. The van der Waals surface area contributed by atoms with Crippen LogP contribution in [0.25, 0.3) is 11.3 Å². The van der Waals surface area contributed by atoms with E-state index in [0.717, 1.165) is 22.4 Å². The van der Waals surface area contributed by atoms with Gasteiger partial charge in [0.15, 0.2) is 6.79 Å². The number of ether oxygens (including phenoxy) is 2. The van der Waals surface area contributed by atoms with E-state index < -0.39 is 0 Å². The molecule has 3 aromatic rings. The fourth-order valence-electron chi connectivity index (χ4n) is 2.78. The van der Waals surface area contributed by atoms with Crippen LogP contribution >= 0.6 is 0 Å². The van der Waals surface area contributed by atoms with Crippen molar-refractivity contribution in [3.05, 3.63) is 71.9 Å². The van der Waals surface area contributed by atoms with E-state index in [4.69, 9.17) is 9.47 Å². The molecule has 0 bridgehead atoms. The lowest BCUT2D eigenvalue weighted by atomic mass is 10.1. The number of hydrogen-bond donors (Lipinski definition) is 0. The summed E-state index contributed by atoms with van der Waals surface area (Å²) in [7, 11) is 0. The predicted molar refractivity (Wildman–Crippen MR) is 83.4 cm³/mol. The topological polar surface area (TPSA) is 36.3 Å². The third-order valence-corrected chi connectivity index (χ3v) is 3.81. The molecule has 116 valence electrons. The van der Waals surface area contributed by atoms with Crippen LogP contribution in [0, 0.1) is 5.82 Å². The highest BCUT2D eigenvalue weighted by Crippen LogP contribution is 2.30. The van der Waals surface area contributed by atoms with Gasteiger partial charge < -0.3 is 14.0 Å². The van der Waals surface area contributed by atoms with Crippen molar-refractivity contribution in [3.8, 4) is 17.0 Å². The van der Waals surface area contributed by atoms with Gasteiger partial charge in [-0.15, -0.1) is 0 Å². The number of hydrogen-bond acceptors (Lipinski definition) is 3. The highest BCUT2D eigenvalue weighted by Gasteiger charge is 2.17. The number of benzene rings is 2. The first kappa shape index (κ1) is 14.0. The van der Waals surface area contributed by atoms with E-state index in [2.05, 4.69) is 4.98 Å². The van der Waals surface area contributed by atoms with Crippen molar-refractivity contribution in [3.63, 3.8) is 0 Å². The molecule has 5 heteroatoms. The summed E-state index contributed by atoms with van der Waals surface area (Å²) in [5.41, 5.74) is 3.48. The second-order valence-corrected chi connectivity index (χ2v) is 5.46. The molecule has 0 unspecified atom stereocenters. The molecule has 0 atom stereocenters. The van der Waals surface area contributed by atoms with Crippen molar-refractivity contribution in [2.24, 2.45) is 0 Å². The lowest BCUT2D eigenvalue weighted by Crippen LogP contribution is -2.14. The lowest BCUT2D eigenvalue weighted by Gasteiger charge is -2.21. The molecule has 4 rings (SSSR count). The van der Waals surface area contributed by atoms with Gasteiger partial charge in [-0.3, -0.25) is 0 Å². The Bertz CT molecular complexity index is 830. The number of imidazole rings is 1. The molecule has 1 aliphatic heterocycles. The minimum Gasteiger partial charge on any atom is -0.467 e. The summed E-state index contributed by atoms with van der Waals surface area (Å²) in [6.45, 7) is 1.07. The number of aromatic nitrogens is 2. The first-order chi connectivity index (χ1) is 11.3. The normalized spacial score (nSPS) is 13.4. The lowest BCUT2D eigenvalue weighted by molar-refractivity contribution is -0.0173. The molecule has 2 heterocycles. The molecule has 0 saturated carbocycles. The zero-order valence-electron chi connectivity index (χ0n) is 12.4. The van der Waals surface area contributed by atoms with Crippen molar-refractivity contribution in [1.29, 1.82) is 0 Å². The Hall–Kier alpha value is -2.66. The van der Waals surface area contributed by atoms with Gasteiger partial charge in [0.05, 0.1) is 25.2 Å². The van der Waals surface area contributed by atoms with Crippen LogP contribution in [0.15, 0.2) is 55.0 Å². The second-order valence-electron chi connectivity index (χ2n) is 5.46. The molecule has 4 nitrogen and oxygen atoms in total. The standard InChI is InChI=1S/C18H15FN2O2/c19-16-6-14(18-15(7-16)10-22-12-23-18)8-21-9-17(20-11-21)13-4-2-1-3-5-13/h1-7,9,11H,8,10,12H2. The van der Waals surface area contributed by atoms with Crippen molar-refractivity contribution < 1.29 is 13.9 Å². The van der Waals surface area contributed by atoms with E-state index in [0.29, 0.717) is 18.9 Å². The van der Waals surface area contributed by atoms with Crippen molar-refractivity contribution >= 4 is 0 Å². The van der Waals surface area contributed by atoms with Crippen LogP contribution in [-0.2, 0) is 17.9 Å². The van der Waals surface area contributed by atoms with Crippen LogP contribution in [0.4, 0.5) is 4.39 Å². The molecule has 0 aliphatic carbocycles. The number of nitrogens with zero attached hydrogens (tertiary/aromatic N) is 2. The molecule has 0 N–H and O–H groups in total. The van der Waals surface area contributed by atoms with Gasteiger partial charge >= 0.3 is 0 Å². The molecular weight excluding hydrogens is 295 g/mol. The third-order valence-electron chi connectivity index (χ3n) is 3.81. The number of rotatable bonds is 3. The van der Waals surface area contributed by atoms with Crippen LogP contribution in [0.5, 0.6) is 5.75 Å². The highest BCUT2D eigenvalue weighted by atomic mass is 19.1. The van der Waals surface area contributed by atoms with Gasteiger partial charge in [0.25, 0.3) is 0 Å². The first-order valence-electron chi connectivity index (χ1n) is 7.38. The summed E-state index contributed by atoms with van der Waals surface area (Å²) in [5, 5.41) is 0. The van der Waals surface area contributed by atoms with E-state index >= 15 is 0 Å². The number of halogens is 1.